The molecule has 0 amide bonds. The highest BCUT2D eigenvalue weighted by molar-refractivity contribution is 5.33. The molecule has 1 saturated carbocycles. The maximum absolute atomic E-state index is 9.75. The van der Waals surface area contributed by atoms with Crippen LogP contribution < -0.4 is 5.32 Å². The van der Waals surface area contributed by atoms with Crippen LogP contribution in [0.4, 0.5) is 0 Å². The van der Waals surface area contributed by atoms with E-state index in [1.54, 1.807) is 0 Å². The fourth-order valence-electron chi connectivity index (χ4n) is 3.15. The molecule has 0 spiro atoms. The Labute approximate surface area is 103 Å². The number of nitrogens with one attached hydrogen (secondary N) is 1. The Hall–Kier alpha value is -0.860. The van der Waals surface area contributed by atoms with Gasteiger partial charge in [0.05, 0.1) is 6.10 Å². The van der Waals surface area contributed by atoms with Crippen LogP contribution in [0, 0.1) is 5.41 Å². The highest BCUT2D eigenvalue weighted by Gasteiger charge is 2.47. The molecule has 92 valence electrons. The third kappa shape index (κ3) is 1.80. The van der Waals surface area contributed by atoms with Crippen molar-refractivity contribution in [1.29, 1.82) is 0 Å². The minimum absolute atomic E-state index is 0.0365. The fraction of sp³-hybridized carbons (Fsp3) is 0.600. The number of hydrogen-bond donors (Lipinski definition) is 2. The molecule has 0 bridgehead atoms. The van der Waals surface area contributed by atoms with Gasteiger partial charge in [0, 0.05) is 17.5 Å². The zero-order valence-electron chi connectivity index (χ0n) is 10.6. The molecule has 2 aliphatic rings. The summed E-state index contributed by atoms with van der Waals surface area (Å²) in [4.78, 5) is 0. The smallest absolute Gasteiger partial charge is 0.0621 e. The molecule has 2 N–H and O–H groups in total. The Balaban J connectivity index is 1.63. The van der Waals surface area contributed by atoms with Crippen LogP contribution in [0.2, 0.25) is 0 Å². The summed E-state index contributed by atoms with van der Waals surface area (Å²) < 4.78 is 0. The predicted octanol–water partition coefficient (Wildman–Crippen LogP) is 1.90. The molecule has 0 heterocycles. The molecule has 0 saturated heterocycles. The Morgan fingerprint density at radius 3 is 2.24 bits per heavy atom. The fourth-order valence-corrected chi connectivity index (χ4v) is 3.15. The lowest BCUT2D eigenvalue weighted by molar-refractivity contribution is -0.0755. The van der Waals surface area contributed by atoms with E-state index in [0.29, 0.717) is 12.1 Å². The lowest BCUT2D eigenvalue weighted by Crippen LogP contribution is -2.62. The topological polar surface area (TPSA) is 32.3 Å². The van der Waals surface area contributed by atoms with Gasteiger partial charge in [-0.2, -0.15) is 0 Å². The van der Waals surface area contributed by atoms with Crippen molar-refractivity contribution in [2.75, 3.05) is 0 Å². The number of rotatable bonds is 2. The summed E-state index contributed by atoms with van der Waals surface area (Å²) in [6, 6.07) is 9.74. The summed E-state index contributed by atoms with van der Waals surface area (Å²) in [6.07, 6.45) is 3.04. The van der Waals surface area contributed by atoms with E-state index in [9.17, 15) is 5.11 Å². The molecule has 2 atom stereocenters. The quantitative estimate of drug-likeness (QED) is 0.815. The molecule has 17 heavy (non-hydrogen) atoms. The van der Waals surface area contributed by atoms with Crippen molar-refractivity contribution in [2.24, 2.45) is 5.41 Å². The maximum atomic E-state index is 9.75. The molecular weight excluding hydrogens is 210 g/mol. The van der Waals surface area contributed by atoms with Crippen LogP contribution in [0.3, 0.4) is 0 Å². The molecule has 3 rings (SSSR count). The molecule has 1 aromatic carbocycles. The van der Waals surface area contributed by atoms with Gasteiger partial charge < -0.3 is 10.4 Å². The van der Waals surface area contributed by atoms with Crippen molar-refractivity contribution in [3.8, 4) is 0 Å². The lowest BCUT2D eigenvalue weighted by atomic mass is 9.64. The van der Waals surface area contributed by atoms with Crippen molar-refractivity contribution in [3.63, 3.8) is 0 Å². The van der Waals surface area contributed by atoms with Crippen LogP contribution in [0.1, 0.15) is 31.4 Å². The summed E-state index contributed by atoms with van der Waals surface area (Å²) in [7, 11) is 0. The van der Waals surface area contributed by atoms with E-state index in [1.807, 2.05) is 0 Å². The van der Waals surface area contributed by atoms with Gasteiger partial charge >= 0.3 is 0 Å². The summed E-state index contributed by atoms with van der Waals surface area (Å²) in [5, 5.41) is 13.5. The standard InChI is InChI=1S/C15H21NO/c1-15(2)13(9-14(15)17)16-12-7-10-5-3-4-6-11(10)8-12/h3-6,12-14,16-17H,7-9H2,1-2H3. The molecular formula is C15H21NO. The summed E-state index contributed by atoms with van der Waals surface area (Å²) in [6.45, 7) is 4.31. The van der Waals surface area contributed by atoms with Crippen LogP contribution in [0.15, 0.2) is 24.3 Å². The van der Waals surface area contributed by atoms with Crippen molar-refractivity contribution in [2.45, 2.75) is 51.3 Å². The highest BCUT2D eigenvalue weighted by atomic mass is 16.3. The Bertz CT molecular complexity index is 402. The highest BCUT2D eigenvalue weighted by Crippen LogP contribution is 2.41. The summed E-state index contributed by atoms with van der Waals surface area (Å²) in [5.74, 6) is 0. The Kier molecular flexibility index (Phi) is 2.53. The molecule has 2 unspecified atom stereocenters. The van der Waals surface area contributed by atoms with Gasteiger partial charge in [0.2, 0.25) is 0 Å². The minimum atomic E-state index is -0.135. The van der Waals surface area contributed by atoms with Gasteiger partial charge in [-0.05, 0) is 30.4 Å². The number of benzene rings is 1. The van der Waals surface area contributed by atoms with Crippen molar-refractivity contribution in [3.05, 3.63) is 35.4 Å². The average molecular weight is 231 g/mol. The monoisotopic (exact) mass is 231 g/mol. The second-order valence-corrected chi connectivity index (χ2v) is 6.17. The van der Waals surface area contributed by atoms with Gasteiger partial charge in [-0.3, -0.25) is 0 Å². The number of hydrogen-bond acceptors (Lipinski definition) is 2. The second-order valence-electron chi connectivity index (χ2n) is 6.17. The van der Waals surface area contributed by atoms with Gasteiger partial charge in [-0.15, -0.1) is 0 Å². The first-order valence-corrected chi connectivity index (χ1v) is 6.58. The minimum Gasteiger partial charge on any atom is -0.392 e. The summed E-state index contributed by atoms with van der Waals surface area (Å²) >= 11 is 0. The van der Waals surface area contributed by atoms with Gasteiger partial charge in [0.15, 0.2) is 0 Å². The number of aliphatic hydroxyl groups is 1. The normalized spacial score (nSPS) is 31.0. The molecule has 2 nitrogen and oxygen atoms in total. The van der Waals surface area contributed by atoms with E-state index < -0.39 is 0 Å². The maximum Gasteiger partial charge on any atom is 0.0621 e. The largest absolute Gasteiger partial charge is 0.392 e. The average Bonchev–Trinajstić information content (AvgIpc) is 2.71. The van der Waals surface area contributed by atoms with E-state index in [1.165, 1.54) is 11.1 Å². The number of aliphatic hydroxyl groups excluding tert-OH is 1. The molecule has 1 fully saturated rings. The SMILES string of the molecule is CC1(C)C(O)CC1NC1Cc2ccccc2C1. The Morgan fingerprint density at radius 1 is 1.18 bits per heavy atom. The van der Waals surface area contributed by atoms with E-state index in [0.717, 1.165) is 19.3 Å². The molecule has 2 aliphatic carbocycles. The van der Waals surface area contributed by atoms with Crippen LogP contribution in [-0.4, -0.2) is 23.3 Å². The molecule has 2 heteroatoms. The third-order valence-corrected chi connectivity index (χ3v) is 4.70. The van der Waals surface area contributed by atoms with Crippen molar-refractivity contribution >= 4 is 0 Å². The van der Waals surface area contributed by atoms with Crippen LogP contribution in [0.5, 0.6) is 0 Å². The first-order chi connectivity index (χ1) is 8.07. The van der Waals surface area contributed by atoms with Crippen LogP contribution >= 0.6 is 0 Å². The molecule has 1 aromatic rings. The first kappa shape index (κ1) is 11.2. The first-order valence-electron chi connectivity index (χ1n) is 6.58. The van der Waals surface area contributed by atoms with E-state index in [-0.39, 0.29) is 11.5 Å². The van der Waals surface area contributed by atoms with Gasteiger partial charge in [-0.25, -0.2) is 0 Å². The molecule has 0 radical (unpaired) electrons. The van der Waals surface area contributed by atoms with Gasteiger partial charge in [0.25, 0.3) is 0 Å². The van der Waals surface area contributed by atoms with E-state index >= 15 is 0 Å². The number of fused-ring (bicyclic) bond motifs is 1. The van der Waals surface area contributed by atoms with Crippen LogP contribution in [0.25, 0.3) is 0 Å². The zero-order valence-corrected chi connectivity index (χ0v) is 10.6. The molecule has 0 aliphatic heterocycles. The van der Waals surface area contributed by atoms with Crippen LogP contribution in [-0.2, 0) is 12.8 Å². The Morgan fingerprint density at radius 2 is 1.76 bits per heavy atom. The van der Waals surface area contributed by atoms with Crippen molar-refractivity contribution < 1.29 is 5.11 Å². The molecule has 0 aromatic heterocycles. The van der Waals surface area contributed by atoms with Crippen molar-refractivity contribution in [1.82, 2.24) is 5.32 Å². The van der Waals surface area contributed by atoms with Gasteiger partial charge in [-0.1, -0.05) is 38.1 Å². The lowest BCUT2D eigenvalue weighted by Gasteiger charge is -2.50. The second kappa shape index (κ2) is 3.82. The predicted molar refractivity (Wildman–Crippen MR) is 69.0 cm³/mol. The van der Waals surface area contributed by atoms with E-state index in [4.69, 9.17) is 0 Å². The van der Waals surface area contributed by atoms with E-state index in [2.05, 4.69) is 43.4 Å². The van der Waals surface area contributed by atoms with Gasteiger partial charge in [0.1, 0.15) is 0 Å². The zero-order chi connectivity index (χ0) is 12.0. The third-order valence-electron chi connectivity index (χ3n) is 4.70. The summed E-state index contributed by atoms with van der Waals surface area (Å²) in [5.41, 5.74) is 3.01.